The number of anilines is 11. The van der Waals surface area contributed by atoms with Crippen molar-refractivity contribution in [2.24, 2.45) is 23.7 Å². The van der Waals surface area contributed by atoms with Gasteiger partial charge < -0.3 is 24.3 Å². The van der Waals surface area contributed by atoms with E-state index in [1.165, 1.54) is 210 Å². The number of hydrogen-bond donors (Lipinski definition) is 0. The third kappa shape index (κ3) is 10.2. The summed E-state index contributed by atoms with van der Waals surface area (Å²) in [5.74, 6) is 4.18. The predicted molar refractivity (Wildman–Crippen MR) is 468 cm³/mol. The molecule has 4 aliphatic carbocycles. The van der Waals surface area contributed by atoms with Gasteiger partial charge in [0.25, 0.3) is 13.4 Å². The highest BCUT2D eigenvalue weighted by Crippen LogP contribution is 2.64. The highest BCUT2D eigenvalue weighted by molar-refractivity contribution is 7.99. The number of ether oxygens (including phenoxy) is 1. The van der Waals surface area contributed by atoms with Gasteiger partial charge >= 0.3 is 0 Å². The largest absolute Gasteiger partial charge is 0.458 e. The molecule has 14 aromatic carbocycles. The molecule has 3 saturated carbocycles. The molecule has 9 aliphatic rings. The van der Waals surface area contributed by atoms with E-state index in [0.29, 0.717) is 29.7 Å². The Morgan fingerprint density at radius 2 is 0.786 bits per heavy atom. The average Bonchev–Trinajstić information content (AvgIpc) is 1.35. The van der Waals surface area contributed by atoms with Crippen molar-refractivity contribution < 1.29 is 4.74 Å². The van der Waals surface area contributed by atoms with Crippen LogP contribution in [0.5, 0.6) is 11.5 Å². The summed E-state index contributed by atoms with van der Waals surface area (Å²) in [6.45, 7) is -0.264. The average molecular weight is 1460 g/mol. The molecule has 0 saturated heterocycles. The molecule has 5 nitrogen and oxygen atoms in total. The first-order valence-electron chi connectivity index (χ1n) is 41.6. The van der Waals surface area contributed by atoms with Crippen molar-refractivity contribution in [1.82, 2.24) is 0 Å². The van der Waals surface area contributed by atoms with E-state index >= 15 is 0 Å². The van der Waals surface area contributed by atoms with Crippen LogP contribution in [0.1, 0.15) is 128 Å². The minimum absolute atomic E-state index is 0.0251. The molecule has 0 aromatic heterocycles. The molecule has 5 aliphatic heterocycles. The van der Waals surface area contributed by atoms with Crippen LogP contribution in [0.3, 0.4) is 0 Å². The lowest BCUT2D eigenvalue weighted by Gasteiger charge is -2.55. The highest BCUT2D eigenvalue weighted by atomic mass is 32.2. The lowest BCUT2D eigenvalue weighted by molar-refractivity contribution is 0.0839. The Labute approximate surface area is 663 Å². The second kappa shape index (κ2) is 26.9. The number of nitrogens with zero attached hydrogens (tertiary/aromatic N) is 4. The van der Waals surface area contributed by atoms with Crippen LogP contribution in [0.4, 0.5) is 62.6 Å². The van der Waals surface area contributed by atoms with Gasteiger partial charge in [-0.15, -0.1) is 0 Å². The fourth-order valence-corrected chi connectivity index (χ4v) is 24.4. The van der Waals surface area contributed by atoms with Crippen LogP contribution in [0.15, 0.2) is 337 Å². The number of benzene rings is 14. The number of hydrogen-bond acceptors (Lipinski definition) is 6. The molecule has 2 unspecified atom stereocenters. The molecule has 112 heavy (non-hydrogen) atoms. The fourth-order valence-electron chi connectivity index (χ4n) is 23.2. The highest BCUT2D eigenvalue weighted by Gasteiger charge is 2.56. The molecule has 5 heterocycles. The van der Waals surface area contributed by atoms with E-state index in [-0.39, 0.29) is 19.3 Å². The van der Waals surface area contributed by atoms with E-state index in [2.05, 4.69) is 347 Å². The van der Waals surface area contributed by atoms with Crippen LogP contribution in [-0.2, 0) is 5.41 Å². The standard InChI is InChI=1S/C104H86B2N4OS/c1-9-34-68(35-10-1)78-52-33-53-79(69-36-11-2-12-37-69)103(78)110-92-66-98-84(64-88(92)105-86-56-29-31-58-90(86)108(75-46-21-7-22-47-75)93-60-72(61-94(110)101(93)105)100(70-38-13-3-14-39-70)71-40-15-4-16-41-71)104(82-54-27-25-50-80(82)81-51-26-28-55-83(81)104)85-65-89-96(67-99(85)112-98)111-97-63-77(107(73-42-17-5-18-43-73)74-44-19-6-20-45-74)62-95-102(97)106(89)87-57-30-32-59-91(87)109(95)76-48-23-8-24-49-76/h3-8,13-32,38-51,54-69,78-79,100,103H,1-2,9-12,33-37,52-53H2. The third-order valence-corrected chi connectivity index (χ3v) is 28.7. The molecule has 8 heteroatoms. The maximum Gasteiger partial charge on any atom is 0.256 e. The van der Waals surface area contributed by atoms with Crippen LogP contribution in [0.2, 0.25) is 0 Å². The Morgan fingerprint density at radius 3 is 1.34 bits per heavy atom. The van der Waals surface area contributed by atoms with Crippen LogP contribution in [0.25, 0.3) is 11.1 Å². The smallest absolute Gasteiger partial charge is 0.256 e. The minimum atomic E-state index is -0.739. The molecule has 2 atom stereocenters. The number of fused-ring (bicyclic) bond motifs is 17. The molecule has 540 valence electrons. The van der Waals surface area contributed by atoms with Crippen molar-refractivity contribution in [2.45, 2.75) is 111 Å². The van der Waals surface area contributed by atoms with Crippen molar-refractivity contribution in [2.75, 3.05) is 19.6 Å². The van der Waals surface area contributed by atoms with E-state index < -0.39 is 5.41 Å². The second-order valence-electron chi connectivity index (χ2n) is 33.2. The zero-order valence-electron chi connectivity index (χ0n) is 63.1. The molecule has 0 amide bonds. The summed E-state index contributed by atoms with van der Waals surface area (Å²) in [6.07, 6.45) is 17.2. The van der Waals surface area contributed by atoms with Crippen molar-refractivity contribution in [3.8, 4) is 22.6 Å². The van der Waals surface area contributed by atoms with Gasteiger partial charge in [-0.2, -0.15) is 0 Å². The molecule has 3 fully saturated rings. The first-order valence-corrected chi connectivity index (χ1v) is 42.4. The normalized spacial score (nSPS) is 18.5. The predicted octanol–water partition coefficient (Wildman–Crippen LogP) is 23.3. The van der Waals surface area contributed by atoms with Crippen molar-refractivity contribution in [1.29, 1.82) is 0 Å². The fraction of sp³-hybridized carbons (Fsp3) is 0.192. The summed E-state index contributed by atoms with van der Waals surface area (Å²) in [5.41, 5.74) is 32.2. The van der Waals surface area contributed by atoms with Crippen LogP contribution in [0, 0.1) is 23.7 Å². The van der Waals surface area contributed by atoms with E-state index in [0.717, 1.165) is 39.9 Å². The minimum Gasteiger partial charge on any atom is -0.458 e. The summed E-state index contributed by atoms with van der Waals surface area (Å²) in [4.78, 5) is 13.3. The quantitative estimate of drug-likeness (QED) is 0.0944. The van der Waals surface area contributed by atoms with Gasteiger partial charge in [-0.25, -0.2) is 0 Å². The summed E-state index contributed by atoms with van der Waals surface area (Å²) >= 11 is 2.00. The van der Waals surface area contributed by atoms with Crippen LogP contribution < -0.4 is 57.1 Å². The van der Waals surface area contributed by atoms with Crippen molar-refractivity contribution in [3.63, 3.8) is 0 Å². The summed E-state index contributed by atoms with van der Waals surface area (Å²) in [6, 6.07) is 126. The monoisotopic (exact) mass is 1460 g/mol. The molecule has 0 bridgehead atoms. The van der Waals surface area contributed by atoms with Gasteiger partial charge in [0.15, 0.2) is 0 Å². The van der Waals surface area contributed by atoms with Crippen LogP contribution in [-0.4, -0.2) is 19.5 Å². The van der Waals surface area contributed by atoms with E-state index in [4.69, 9.17) is 4.74 Å². The van der Waals surface area contributed by atoms with Gasteiger partial charge in [0.2, 0.25) is 0 Å². The molecule has 14 aromatic rings. The van der Waals surface area contributed by atoms with Gasteiger partial charge in [-0.1, -0.05) is 313 Å². The second-order valence-corrected chi connectivity index (χ2v) is 34.3. The number of para-hydroxylation sites is 6. The van der Waals surface area contributed by atoms with Gasteiger partial charge in [-0.3, -0.25) is 0 Å². The van der Waals surface area contributed by atoms with Gasteiger partial charge in [0.1, 0.15) is 11.5 Å². The Morgan fingerprint density at radius 1 is 0.330 bits per heavy atom. The van der Waals surface area contributed by atoms with E-state index in [9.17, 15) is 0 Å². The summed E-state index contributed by atoms with van der Waals surface area (Å²) in [5, 5.41) is 0. The maximum atomic E-state index is 7.93. The molecule has 0 radical (unpaired) electrons. The Bertz CT molecular complexity index is 5840. The third-order valence-electron chi connectivity index (χ3n) is 27.6. The lowest BCUT2D eigenvalue weighted by Crippen LogP contribution is -2.65. The molecule has 23 rings (SSSR count). The van der Waals surface area contributed by atoms with Gasteiger partial charge in [0, 0.05) is 84.7 Å². The molecular weight excluding hydrogens is 1370 g/mol. The van der Waals surface area contributed by atoms with Crippen molar-refractivity contribution in [3.05, 3.63) is 367 Å². The topological polar surface area (TPSA) is 22.2 Å². The molecular formula is C104H86B2N4OS. The summed E-state index contributed by atoms with van der Waals surface area (Å²) < 4.78 is 7.93. The Balaban J connectivity index is 0.809. The van der Waals surface area contributed by atoms with Gasteiger partial charge in [0.05, 0.1) is 11.1 Å². The maximum absolute atomic E-state index is 7.93. The molecule has 1 spiro atoms. The Kier molecular flexibility index (Phi) is 15.9. The van der Waals surface area contributed by atoms with Gasteiger partial charge in [-0.05, 0) is 210 Å². The molecule has 0 N–H and O–H groups in total. The SMILES string of the molecule is c1ccc(C(c2ccccc2)c2cc3c4c(c2)N(C2C(C5CCCCC5)CCCC2C2CCCCC2)c2cc5c(cc2B4c2ccccc2N3c2ccccc2)C2(c3cc4c(cc3S5)Oc3cc(N(c5ccccc5)c5ccccc5)cc5c3B4c3ccccc3N5c3ccccc3)c3ccccc3-c3ccccc32)cc1. The first kappa shape index (κ1) is 66.4. The van der Waals surface area contributed by atoms with Crippen molar-refractivity contribution >= 4 is 121 Å². The van der Waals surface area contributed by atoms with E-state index in [1.54, 1.807) is 0 Å². The first-order chi connectivity index (χ1) is 55.6. The Hall–Kier alpha value is -11.4. The number of rotatable bonds is 11. The van der Waals surface area contributed by atoms with E-state index in [1.807, 2.05) is 11.8 Å². The lowest BCUT2D eigenvalue weighted by atomic mass is 9.33. The zero-order valence-corrected chi connectivity index (χ0v) is 63.9. The van der Waals surface area contributed by atoms with Crippen LogP contribution >= 0.6 is 11.8 Å². The summed E-state index contributed by atoms with van der Waals surface area (Å²) in [7, 11) is 0. The zero-order chi connectivity index (χ0) is 73.5.